The Hall–Kier alpha value is -2.93. The highest BCUT2D eigenvalue weighted by Crippen LogP contribution is 2.19. The number of benzene rings is 2. The fraction of sp³-hybridized carbons (Fsp3) is 0.250. The molecule has 2 aromatic carbocycles. The number of hydrogen-bond donors (Lipinski definition) is 1. The van der Waals surface area contributed by atoms with Gasteiger partial charge in [0.1, 0.15) is 5.82 Å². The number of hydrogen-bond acceptors (Lipinski definition) is 4. The van der Waals surface area contributed by atoms with Crippen molar-refractivity contribution >= 4 is 35.1 Å². The maximum absolute atomic E-state index is 13.6. The number of carbonyl (C=O) groups is 3. The molecule has 0 aromatic heterocycles. The maximum atomic E-state index is 13.6. The van der Waals surface area contributed by atoms with E-state index in [4.69, 9.17) is 16.3 Å². The van der Waals surface area contributed by atoms with E-state index in [-0.39, 0.29) is 22.2 Å². The van der Waals surface area contributed by atoms with E-state index in [1.54, 1.807) is 23.1 Å². The van der Waals surface area contributed by atoms with Crippen molar-refractivity contribution in [2.75, 3.05) is 18.5 Å². The minimum Gasteiger partial charge on any atom is -0.452 e. The molecule has 0 aliphatic carbocycles. The summed E-state index contributed by atoms with van der Waals surface area (Å²) in [6.45, 7) is 0.557. The van der Waals surface area contributed by atoms with Gasteiger partial charge in [-0.25, -0.2) is 9.18 Å². The molecular weight excluding hydrogens is 387 g/mol. The summed E-state index contributed by atoms with van der Waals surface area (Å²) >= 11 is 5.76. The van der Waals surface area contributed by atoms with E-state index in [0.29, 0.717) is 19.5 Å². The van der Waals surface area contributed by atoms with Crippen molar-refractivity contribution in [2.24, 2.45) is 0 Å². The zero-order valence-corrected chi connectivity index (χ0v) is 15.7. The van der Waals surface area contributed by atoms with Crippen molar-refractivity contribution in [1.82, 2.24) is 4.90 Å². The Bertz CT molecular complexity index is 919. The van der Waals surface area contributed by atoms with Gasteiger partial charge in [-0.05, 0) is 42.3 Å². The first-order valence-corrected chi connectivity index (χ1v) is 9.09. The molecule has 0 saturated carbocycles. The Morgan fingerprint density at radius 2 is 2.04 bits per heavy atom. The number of nitrogens with one attached hydrogen (secondary N) is 1. The summed E-state index contributed by atoms with van der Waals surface area (Å²) in [5.74, 6) is -1.92. The van der Waals surface area contributed by atoms with Crippen molar-refractivity contribution in [3.63, 3.8) is 0 Å². The molecule has 1 heterocycles. The van der Waals surface area contributed by atoms with E-state index in [1.165, 1.54) is 12.1 Å². The molecule has 3 rings (SSSR count). The molecule has 1 N–H and O–H groups in total. The number of likely N-dealkylation sites (tertiary alicyclic amines) is 1. The first-order chi connectivity index (χ1) is 13.4. The molecule has 1 fully saturated rings. The zero-order valence-electron chi connectivity index (χ0n) is 14.9. The van der Waals surface area contributed by atoms with Crippen LogP contribution in [0, 0.1) is 5.82 Å². The van der Waals surface area contributed by atoms with Gasteiger partial charge in [0.05, 0.1) is 11.3 Å². The van der Waals surface area contributed by atoms with Gasteiger partial charge >= 0.3 is 5.97 Å². The Balaban J connectivity index is 1.55. The summed E-state index contributed by atoms with van der Waals surface area (Å²) < 4.78 is 18.6. The summed E-state index contributed by atoms with van der Waals surface area (Å²) in [7, 11) is 0. The molecule has 0 bridgehead atoms. The third kappa shape index (κ3) is 5.07. The molecule has 1 saturated heterocycles. The molecular formula is C20H18ClFN2O4. The van der Waals surface area contributed by atoms with Crippen LogP contribution in [-0.2, 0) is 20.9 Å². The van der Waals surface area contributed by atoms with E-state index >= 15 is 0 Å². The van der Waals surface area contributed by atoms with Gasteiger partial charge in [0, 0.05) is 24.5 Å². The molecule has 1 aliphatic rings. The number of anilines is 1. The van der Waals surface area contributed by atoms with Crippen LogP contribution < -0.4 is 5.32 Å². The van der Waals surface area contributed by atoms with Gasteiger partial charge in [-0.1, -0.05) is 23.7 Å². The largest absolute Gasteiger partial charge is 0.452 e. The van der Waals surface area contributed by atoms with Crippen molar-refractivity contribution in [3.8, 4) is 0 Å². The lowest BCUT2D eigenvalue weighted by molar-refractivity contribution is -0.128. The molecule has 1 aliphatic heterocycles. The number of esters is 1. The molecule has 2 amide bonds. The molecule has 0 spiro atoms. The van der Waals surface area contributed by atoms with E-state index < -0.39 is 24.3 Å². The summed E-state index contributed by atoms with van der Waals surface area (Å²) in [5, 5.41) is 2.57. The molecule has 6 nitrogen and oxygen atoms in total. The molecule has 146 valence electrons. The van der Waals surface area contributed by atoms with Crippen LogP contribution in [0.5, 0.6) is 0 Å². The second kappa shape index (κ2) is 8.84. The summed E-state index contributed by atoms with van der Waals surface area (Å²) in [4.78, 5) is 37.6. The summed E-state index contributed by atoms with van der Waals surface area (Å²) in [6, 6.07) is 10.4. The molecule has 0 atom stereocenters. The lowest BCUT2D eigenvalue weighted by atomic mass is 10.1. The van der Waals surface area contributed by atoms with Gasteiger partial charge in [0.15, 0.2) is 6.61 Å². The Kier molecular flexibility index (Phi) is 6.26. The van der Waals surface area contributed by atoms with Crippen LogP contribution in [-0.4, -0.2) is 35.8 Å². The predicted molar refractivity (Wildman–Crippen MR) is 101 cm³/mol. The molecule has 2 aromatic rings. The number of halogens is 2. The van der Waals surface area contributed by atoms with Crippen LogP contribution >= 0.6 is 11.6 Å². The SMILES string of the molecule is O=C(COC(=O)c1cccc(CN2CCCC2=O)c1)Nc1cc(Cl)ccc1F. The number of nitrogens with zero attached hydrogens (tertiary/aromatic N) is 1. The molecule has 0 radical (unpaired) electrons. The average molecular weight is 405 g/mol. The highest BCUT2D eigenvalue weighted by Gasteiger charge is 2.20. The van der Waals surface area contributed by atoms with Gasteiger partial charge in [-0.3, -0.25) is 9.59 Å². The second-order valence-corrected chi connectivity index (χ2v) is 6.80. The smallest absolute Gasteiger partial charge is 0.338 e. The first kappa shape index (κ1) is 19.8. The minimum absolute atomic E-state index is 0.0918. The van der Waals surface area contributed by atoms with Gasteiger partial charge in [-0.15, -0.1) is 0 Å². The Morgan fingerprint density at radius 3 is 2.79 bits per heavy atom. The topological polar surface area (TPSA) is 75.7 Å². The van der Waals surface area contributed by atoms with Gasteiger partial charge in [0.2, 0.25) is 5.91 Å². The zero-order chi connectivity index (χ0) is 20.1. The monoisotopic (exact) mass is 404 g/mol. The summed E-state index contributed by atoms with van der Waals surface area (Å²) in [5.41, 5.74) is 0.979. The van der Waals surface area contributed by atoms with E-state index in [0.717, 1.165) is 18.1 Å². The number of ether oxygens (including phenoxy) is 1. The third-order valence-corrected chi connectivity index (χ3v) is 4.48. The van der Waals surface area contributed by atoms with Gasteiger partial charge < -0.3 is 15.0 Å². The minimum atomic E-state index is -0.687. The number of rotatable bonds is 6. The van der Waals surface area contributed by atoms with Crippen molar-refractivity contribution in [2.45, 2.75) is 19.4 Å². The number of carbonyl (C=O) groups excluding carboxylic acids is 3. The van der Waals surface area contributed by atoms with Crippen molar-refractivity contribution in [1.29, 1.82) is 0 Å². The lowest BCUT2D eigenvalue weighted by Gasteiger charge is -2.15. The Morgan fingerprint density at radius 1 is 1.21 bits per heavy atom. The first-order valence-electron chi connectivity index (χ1n) is 8.71. The van der Waals surface area contributed by atoms with Crippen LogP contribution in [0.3, 0.4) is 0 Å². The molecule has 0 unspecified atom stereocenters. The Labute approximate surface area is 166 Å². The van der Waals surface area contributed by atoms with Crippen LogP contribution in [0.15, 0.2) is 42.5 Å². The fourth-order valence-electron chi connectivity index (χ4n) is 2.88. The highest BCUT2D eigenvalue weighted by atomic mass is 35.5. The van der Waals surface area contributed by atoms with Crippen LogP contribution in [0.2, 0.25) is 5.02 Å². The van der Waals surface area contributed by atoms with Gasteiger partial charge in [-0.2, -0.15) is 0 Å². The highest BCUT2D eigenvalue weighted by molar-refractivity contribution is 6.30. The third-order valence-electron chi connectivity index (χ3n) is 4.24. The predicted octanol–water partition coefficient (Wildman–Crippen LogP) is 3.40. The summed E-state index contributed by atoms with van der Waals surface area (Å²) in [6.07, 6.45) is 1.38. The van der Waals surface area contributed by atoms with Crippen molar-refractivity contribution < 1.29 is 23.5 Å². The molecule has 28 heavy (non-hydrogen) atoms. The second-order valence-electron chi connectivity index (χ2n) is 6.37. The van der Waals surface area contributed by atoms with Gasteiger partial charge in [0.25, 0.3) is 5.91 Å². The standard InChI is InChI=1S/C20H18ClFN2O4/c21-15-6-7-16(22)17(10-15)23-18(25)12-28-20(27)14-4-1-3-13(9-14)11-24-8-2-5-19(24)26/h1,3-4,6-7,9-10H,2,5,8,11-12H2,(H,23,25). The lowest BCUT2D eigenvalue weighted by Crippen LogP contribution is -2.24. The van der Waals surface area contributed by atoms with Crippen molar-refractivity contribution in [3.05, 3.63) is 64.4 Å². The normalized spacial score (nSPS) is 13.5. The maximum Gasteiger partial charge on any atom is 0.338 e. The fourth-order valence-corrected chi connectivity index (χ4v) is 3.05. The average Bonchev–Trinajstić information content (AvgIpc) is 3.07. The van der Waals surface area contributed by atoms with Crippen LogP contribution in [0.1, 0.15) is 28.8 Å². The van der Waals surface area contributed by atoms with Crippen LogP contribution in [0.4, 0.5) is 10.1 Å². The molecule has 8 heteroatoms. The number of amides is 2. The van der Waals surface area contributed by atoms with E-state index in [1.807, 2.05) is 6.07 Å². The van der Waals surface area contributed by atoms with E-state index in [9.17, 15) is 18.8 Å². The van der Waals surface area contributed by atoms with E-state index in [2.05, 4.69) is 5.32 Å². The quantitative estimate of drug-likeness (QED) is 0.749. The van der Waals surface area contributed by atoms with Crippen LogP contribution in [0.25, 0.3) is 0 Å².